The van der Waals surface area contributed by atoms with Gasteiger partial charge in [0.2, 0.25) is 0 Å². The highest BCUT2D eigenvalue weighted by atomic mass is 16.5. The van der Waals surface area contributed by atoms with E-state index in [4.69, 9.17) is 15.2 Å². The van der Waals surface area contributed by atoms with E-state index < -0.39 is 0 Å². The van der Waals surface area contributed by atoms with Crippen LogP contribution in [0.2, 0.25) is 0 Å². The lowest BCUT2D eigenvalue weighted by Crippen LogP contribution is -2.30. The highest BCUT2D eigenvalue weighted by Gasteiger charge is 2.13. The predicted molar refractivity (Wildman–Crippen MR) is 287 cm³/mol. The Morgan fingerprint density at radius 3 is 1.18 bits per heavy atom. The number of carbonyl (C=O) groups excluding carboxylic acids is 2. The molecule has 0 aromatic rings. The molecule has 0 amide bonds. The third-order valence-corrected chi connectivity index (χ3v) is 13.6. The van der Waals surface area contributed by atoms with Gasteiger partial charge >= 0.3 is 11.9 Å². The van der Waals surface area contributed by atoms with E-state index in [1.807, 2.05) is 0 Å². The molecule has 1 unspecified atom stereocenters. The molecule has 0 saturated carbocycles. The van der Waals surface area contributed by atoms with Crippen LogP contribution in [0.1, 0.15) is 311 Å². The summed E-state index contributed by atoms with van der Waals surface area (Å²) in [5.41, 5.74) is 5.47. The first kappa shape index (κ1) is 65.7. The Morgan fingerprint density at radius 2 is 0.769 bits per heavy atom. The first-order valence-corrected chi connectivity index (χ1v) is 29.3. The van der Waals surface area contributed by atoms with Crippen LogP contribution in [0.25, 0.3) is 0 Å². The number of esters is 2. The zero-order valence-corrected chi connectivity index (χ0v) is 45.0. The molecule has 1 atom stereocenters. The summed E-state index contributed by atoms with van der Waals surface area (Å²) in [6.07, 6.45) is 55.3. The minimum Gasteiger partial charge on any atom is -0.466 e. The summed E-state index contributed by atoms with van der Waals surface area (Å²) in [6.45, 7) is 18.4. The Bertz CT molecular complexity index is 923. The van der Waals surface area contributed by atoms with Crippen molar-refractivity contribution in [2.75, 3.05) is 26.3 Å². The second-order valence-corrected chi connectivity index (χ2v) is 20.0. The van der Waals surface area contributed by atoms with E-state index >= 15 is 0 Å². The molecule has 0 saturated heterocycles. The van der Waals surface area contributed by atoms with Gasteiger partial charge < -0.3 is 20.5 Å². The van der Waals surface area contributed by atoms with Crippen molar-refractivity contribution >= 4 is 11.9 Å². The molecule has 3 N–H and O–H groups in total. The number of ether oxygens (including phenoxy) is 2. The van der Waals surface area contributed by atoms with Gasteiger partial charge in [0.05, 0.1) is 13.2 Å². The summed E-state index contributed by atoms with van der Waals surface area (Å²) in [5, 5.41) is 3.89. The van der Waals surface area contributed by atoms with Crippen LogP contribution in [-0.4, -0.2) is 44.3 Å². The maximum absolute atomic E-state index is 12.2. The van der Waals surface area contributed by atoms with Gasteiger partial charge in [-0.2, -0.15) is 0 Å². The molecule has 0 aliphatic rings. The van der Waals surface area contributed by atoms with Crippen molar-refractivity contribution in [2.45, 2.75) is 317 Å². The van der Waals surface area contributed by atoms with Crippen LogP contribution < -0.4 is 11.1 Å². The number of hydrogen-bond acceptors (Lipinski definition) is 6. The standard InChI is InChI=1S/C38H75NO2.C21H43NO2/c1-5-9-13-15-16-17-19-25-31-37(30-24-14-10-6-2)39-34-27-21-18-20-26-32-38(40)41-35-33-36(28-22-11-7-3)29-23-12-8-4;1-3-5-10-14-20(15-11-6-4-2)17-19-24-21(23)16-12-8-7-9-13-18-22/h6,36-37,39H,2,5,7-35H2,1,3-4H3;20H,3-19,22H2,1-2H3. The van der Waals surface area contributed by atoms with Gasteiger partial charge in [-0.05, 0) is 89.1 Å². The van der Waals surface area contributed by atoms with Crippen molar-refractivity contribution in [1.82, 2.24) is 5.32 Å². The number of nitrogens with two attached hydrogens (primary N) is 1. The molecule has 6 nitrogen and oxygen atoms in total. The molecule has 0 aromatic carbocycles. The minimum atomic E-state index is -0.00492. The number of allylic oxidation sites excluding steroid dienone is 1. The van der Waals surface area contributed by atoms with Gasteiger partial charge in [-0.15, -0.1) is 6.58 Å². The van der Waals surface area contributed by atoms with Crippen molar-refractivity contribution in [3.05, 3.63) is 12.7 Å². The van der Waals surface area contributed by atoms with Crippen LogP contribution in [0.4, 0.5) is 0 Å². The van der Waals surface area contributed by atoms with E-state index in [2.05, 4.69) is 52.6 Å². The summed E-state index contributed by atoms with van der Waals surface area (Å²) in [7, 11) is 0. The van der Waals surface area contributed by atoms with Gasteiger partial charge in [-0.25, -0.2) is 0 Å². The van der Waals surface area contributed by atoms with Crippen LogP contribution in [0.3, 0.4) is 0 Å². The first-order chi connectivity index (χ1) is 31.9. The van der Waals surface area contributed by atoms with Crippen LogP contribution in [-0.2, 0) is 19.1 Å². The summed E-state index contributed by atoms with van der Waals surface area (Å²) >= 11 is 0. The first-order valence-electron chi connectivity index (χ1n) is 29.3. The summed E-state index contributed by atoms with van der Waals surface area (Å²) in [6, 6.07) is 0.688. The number of carbonyl (C=O) groups is 2. The second-order valence-electron chi connectivity index (χ2n) is 20.0. The third-order valence-electron chi connectivity index (χ3n) is 13.6. The number of unbranched alkanes of at least 4 members (excludes halogenated alkanes) is 25. The van der Waals surface area contributed by atoms with Gasteiger partial charge in [0.1, 0.15) is 0 Å². The third kappa shape index (κ3) is 53.4. The molecule has 0 bridgehead atoms. The van der Waals surface area contributed by atoms with Crippen LogP contribution in [0.5, 0.6) is 0 Å². The molecular weight excluding hydrogens is 801 g/mol. The van der Waals surface area contributed by atoms with Gasteiger partial charge in [0.15, 0.2) is 0 Å². The Morgan fingerprint density at radius 1 is 0.431 bits per heavy atom. The van der Waals surface area contributed by atoms with E-state index in [0.717, 1.165) is 76.3 Å². The summed E-state index contributed by atoms with van der Waals surface area (Å²) in [5.74, 6) is 1.50. The van der Waals surface area contributed by atoms with E-state index in [-0.39, 0.29) is 11.9 Å². The Hall–Kier alpha value is -1.40. The molecule has 0 rings (SSSR count). The molecule has 0 fully saturated rings. The maximum atomic E-state index is 12.2. The smallest absolute Gasteiger partial charge is 0.305 e. The SMILES string of the molecule is C=CCCCCC(CCCCCCCCCC)NCCCCCCCC(=O)OCCC(CCCCC)CCCCC.CCCCCC(CCCCC)CCOC(=O)CCCCCCCN. The average molecular weight is 920 g/mol. The molecule has 0 spiro atoms. The monoisotopic (exact) mass is 919 g/mol. The molecule has 65 heavy (non-hydrogen) atoms. The zero-order valence-electron chi connectivity index (χ0n) is 45.0. The fourth-order valence-electron chi connectivity index (χ4n) is 9.15. The van der Waals surface area contributed by atoms with Crippen LogP contribution in [0, 0.1) is 11.8 Å². The van der Waals surface area contributed by atoms with Gasteiger partial charge in [0.25, 0.3) is 0 Å². The molecule has 0 aliphatic heterocycles. The number of rotatable bonds is 52. The number of nitrogens with one attached hydrogen (secondary N) is 1. The second kappa shape index (κ2) is 56.9. The maximum Gasteiger partial charge on any atom is 0.305 e. The van der Waals surface area contributed by atoms with Gasteiger partial charge in [-0.1, -0.05) is 240 Å². The summed E-state index contributed by atoms with van der Waals surface area (Å²) in [4.78, 5) is 24.0. The molecule has 6 heteroatoms. The molecule has 0 radical (unpaired) electrons. The molecule has 388 valence electrons. The lowest BCUT2D eigenvalue weighted by atomic mass is 9.92. The molecule has 0 heterocycles. The van der Waals surface area contributed by atoms with E-state index in [1.165, 1.54) is 212 Å². The fraction of sp³-hybridized carbons (Fsp3) is 0.932. The summed E-state index contributed by atoms with van der Waals surface area (Å²) < 4.78 is 11.1. The largest absolute Gasteiger partial charge is 0.466 e. The van der Waals surface area contributed by atoms with Crippen molar-refractivity contribution in [3.63, 3.8) is 0 Å². The minimum absolute atomic E-state index is 0.00492. The van der Waals surface area contributed by atoms with Crippen molar-refractivity contribution in [3.8, 4) is 0 Å². The van der Waals surface area contributed by atoms with E-state index in [1.54, 1.807) is 0 Å². The quantitative estimate of drug-likeness (QED) is 0.0359. The molecule has 0 aliphatic carbocycles. The Balaban J connectivity index is 0. The topological polar surface area (TPSA) is 90.6 Å². The normalized spacial score (nSPS) is 11.8. The van der Waals surface area contributed by atoms with Crippen molar-refractivity contribution < 1.29 is 19.1 Å². The van der Waals surface area contributed by atoms with Crippen molar-refractivity contribution in [2.24, 2.45) is 17.6 Å². The molecular formula is C59H118N2O4. The lowest BCUT2D eigenvalue weighted by molar-refractivity contribution is -0.145. The van der Waals surface area contributed by atoms with E-state index in [9.17, 15) is 9.59 Å². The van der Waals surface area contributed by atoms with Gasteiger partial charge in [-0.3, -0.25) is 9.59 Å². The zero-order chi connectivity index (χ0) is 47.9. The van der Waals surface area contributed by atoms with Crippen LogP contribution in [0.15, 0.2) is 12.7 Å². The highest BCUT2D eigenvalue weighted by Crippen LogP contribution is 2.23. The van der Waals surface area contributed by atoms with Crippen LogP contribution >= 0.6 is 0 Å². The Kier molecular flexibility index (Phi) is 57.5. The Labute approximate surface area is 408 Å². The van der Waals surface area contributed by atoms with Crippen molar-refractivity contribution in [1.29, 1.82) is 0 Å². The average Bonchev–Trinajstić information content (AvgIpc) is 3.30. The fourth-order valence-corrected chi connectivity index (χ4v) is 9.15. The highest BCUT2D eigenvalue weighted by molar-refractivity contribution is 5.69. The number of hydrogen-bond donors (Lipinski definition) is 2. The predicted octanol–water partition coefficient (Wildman–Crippen LogP) is 18.3. The van der Waals surface area contributed by atoms with Gasteiger partial charge in [0, 0.05) is 18.9 Å². The van der Waals surface area contributed by atoms with E-state index in [0.29, 0.717) is 32.1 Å². The molecule has 0 aromatic heterocycles. The lowest BCUT2D eigenvalue weighted by Gasteiger charge is -2.19.